The van der Waals surface area contributed by atoms with Gasteiger partial charge in [0.1, 0.15) is 23.7 Å². The number of fused-ring (bicyclic) bond motifs is 6. The largest absolute Gasteiger partial charge is 0.508 e. The van der Waals surface area contributed by atoms with Crippen LogP contribution in [0.15, 0.2) is 36.0 Å². The van der Waals surface area contributed by atoms with Crippen LogP contribution in [-0.4, -0.2) is 56.4 Å². The molecule has 0 unspecified atom stereocenters. The quantitative estimate of drug-likeness (QED) is 0.401. The number of phenols is 1. The summed E-state index contributed by atoms with van der Waals surface area (Å²) in [6.07, 6.45) is 8.60. The predicted octanol–water partition coefficient (Wildman–Crippen LogP) is 3.36. The van der Waals surface area contributed by atoms with Gasteiger partial charge in [0.05, 0.1) is 0 Å². The third-order valence-electron chi connectivity index (χ3n) is 10.6. The molecule has 0 saturated heterocycles. The number of carbonyl (C=O) groups is 3. The number of H-pyrrole nitrogens is 1. The Morgan fingerprint density at radius 1 is 1.15 bits per heavy atom. The molecule has 0 amide bonds. The van der Waals surface area contributed by atoms with Gasteiger partial charge in [0.15, 0.2) is 11.6 Å². The molecule has 6 N–H and O–H groups in total. The Hall–Kier alpha value is -2.81. The van der Waals surface area contributed by atoms with Crippen molar-refractivity contribution in [2.45, 2.75) is 70.8 Å². The summed E-state index contributed by atoms with van der Waals surface area (Å²) < 4.78 is 0. The van der Waals surface area contributed by atoms with Crippen molar-refractivity contribution in [3.8, 4) is 5.75 Å². The van der Waals surface area contributed by atoms with Crippen molar-refractivity contribution in [1.29, 1.82) is 0 Å². The summed E-state index contributed by atoms with van der Waals surface area (Å²) in [6, 6.07) is 5.30. The molecule has 0 bridgehead atoms. The van der Waals surface area contributed by atoms with Crippen molar-refractivity contribution >= 4 is 28.3 Å². The van der Waals surface area contributed by atoms with Gasteiger partial charge in [-0.2, -0.15) is 0 Å². The van der Waals surface area contributed by atoms with E-state index >= 15 is 0 Å². The van der Waals surface area contributed by atoms with Crippen LogP contribution in [0.4, 0.5) is 0 Å². The maximum atomic E-state index is 13.3. The van der Waals surface area contributed by atoms with Gasteiger partial charge >= 0.3 is 0 Å². The Morgan fingerprint density at radius 3 is 2.64 bits per heavy atom. The summed E-state index contributed by atoms with van der Waals surface area (Å²) in [6.45, 7) is 3.93. The molecule has 3 fully saturated rings. The Kier molecular flexibility index (Phi) is 7.10. The molecule has 0 radical (unpaired) electrons. The number of ketones is 3. The average molecular weight is 537 g/mol. The number of allylic oxidation sites excluding steroid dienone is 1. The van der Waals surface area contributed by atoms with Gasteiger partial charge < -0.3 is 26.0 Å². The lowest BCUT2D eigenvalue weighted by Gasteiger charge is -2.57. The molecule has 4 aliphatic carbocycles. The highest BCUT2D eigenvalue weighted by Crippen LogP contribution is 2.66. The van der Waals surface area contributed by atoms with Gasteiger partial charge in [-0.25, -0.2) is 0 Å². The van der Waals surface area contributed by atoms with E-state index in [0.29, 0.717) is 38.0 Å². The number of nitrogens with two attached hydrogens (primary N) is 1. The van der Waals surface area contributed by atoms with E-state index in [1.807, 2.05) is 19.2 Å². The monoisotopic (exact) mass is 536 g/mol. The SMILES string of the molecule is C[C@]12CCC(=O)C=C1CC[C@@H]1[C@@H]2C(=O)C[C@@]2(C)[C@H]1CC[C@]2(O)C(=O)CO.NCCc1c[nH]c2ccc(O)cc12. The Bertz CT molecular complexity index is 1350. The van der Waals surface area contributed by atoms with Crippen LogP contribution in [-0.2, 0) is 20.8 Å². The number of Topliss-reactive ketones (excluding diaryl/α,β-unsaturated/α-hetero) is 2. The van der Waals surface area contributed by atoms with E-state index in [-0.39, 0.29) is 41.2 Å². The maximum absolute atomic E-state index is 13.3. The molecule has 2 aromatic rings. The van der Waals surface area contributed by atoms with Crippen LogP contribution in [0.5, 0.6) is 5.75 Å². The number of benzene rings is 1. The lowest BCUT2D eigenvalue weighted by atomic mass is 9.46. The van der Waals surface area contributed by atoms with Crippen molar-refractivity contribution in [2.75, 3.05) is 13.2 Å². The van der Waals surface area contributed by atoms with Crippen LogP contribution in [0.3, 0.4) is 0 Å². The third-order valence-corrected chi connectivity index (χ3v) is 10.6. The number of rotatable bonds is 4. The van der Waals surface area contributed by atoms with Gasteiger partial charge in [0.2, 0.25) is 0 Å². The minimum Gasteiger partial charge on any atom is -0.508 e. The highest BCUT2D eigenvalue weighted by atomic mass is 16.3. The van der Waals surface area contributed by atoms with Crippen LogP contribution in [0.2, 0.25) is 0 Å². The normalized spacial score (nSPS) is 35.4. The van der Waals surface area contributed by atoms with Gasteiger partial charge in [-0.05, 0) is 92.2 Å². The first kappa shape index (κ1) is 27.7. The molecule has 6 atom stereocenters. The van der Waals surface area contributed by atoms with Gasteiger partial charge in [-0.3, -0.25) is 14.4 Å². The second-order valence-corrected chi connectivity index (χ2v) is 12.5. The van der Waals surface area contributed by atoms with E-state index in [4.69, 9.17) is 5.73 Å². The molecule has 0 spiro atoms. The van der Waals surface area contributed by atoms with E-state index in [0.717, 1.165) is 41.3 Å². The lowest BCUT2D eigenvalue weighted by molar-refractivity contribution is -0.170. The summed E-state index contributed by atoms with van der Waals surface area (Å²) in [4.78, 5) is 40.7. The standard InChI is InChI=1S/C21H28O5.C10H12N2O/c1-19-7-5-13(23)9-12(19)3-4-14-15-6-8-21(26,17(25)11-22)20(15,2)10-16(24)18(14)19;11-4-3-7-6-12-10-2-1-8(13)5-9(7)10/h9,14-15,18,22,26H,3-8,10-11H2,1-2H3;1-2,5-6,12-13H,3-4,11H2/t14-,15-,18+,19-,20-,21-;/m0./s1. The summed E-state index contributed by atoms with van der Waals surface area (Å²) in [5.41, 5.74) is 6.12. The molecule has 1 heterocycles. The number of phenolic OH excluding ortho intramolecular Hbond substituents is 1. The van der Waals surface area contributed by atoms with E-state index in [2.05, 4.69) is 11.9 Å². The molecular weight excluding hydrogens is 496 g/mol. The first-order valence-corrected chi connectivity index (χ1v) is 14.1. The minimum atomic E-state index is -1.60. The maximum Gasteiger partial charge on any atom is 0.190 e. The average Bonchev–Trinajstić information content (AvgIpc) is 3.42. The number of aliphatic hydroxyl groups is 2. The zero-order chi connectivity index (χ0) is 28.2. The van der Waals surface area contributed by atoms with Crippen molar-refractivity contribution in [2.24, 2.45) is 34.3 Å². The lowest BCUT2D eigenvalue weighted by Crippen LogP contribution is -2.60. The van der Waals surface area contributed by atoms with E-state index < -0.39 is 23.4 Å². The Balaban J connectivity index is 0.000000198. The van der Waals surface area contributed by atoms with Crippen molar-refractivity contribution in [3.63, 3.8) is 0 Å². The first-order chi connectivity index (χ1) is 18.5. The number of hydrogen-bond acceptors (Lipinski definition) is 7. The van der Waals surface area contributed by atoms with Crippen molar-refractivity contribution in [1.82, 2.24) is 4.98 Å². The zero-order valence-electron chi connectivity index (χ0n) is 22.8. The highest BCUT2D eigenvalue weighted by Gasteiger charge is 2.68. The summed E-state index contributed by atoms with van der Waals surface area (Å²) >= 11 is 0. The minimum absolute atomic E-state index is 0.0988. The number of aromatic nitrogens is 1. The molecule has 0 aliphatic heterocycles. The molecule has 6 rings (SSSR count). The Labute approximate surface area is 228 Å². The molecule has 4 aliphatic rings. The second kappa shape index (κ2) is 9.98. The van der Waals surface area contributed by atoms with Crippen LogP contribution >= 0.6 is 0 Å². The zero-order valence-corrected chi connectivity index (χ0v) is 22.8. The molecule has 1 aromatic heterocycles. The number of aromatic hydroxyl groups is 1. The number of nitrogens with one attached hydrogen (secondary N) is 1. The van der Waals surface area contributed by atoms with Crippen molar-refractivity contribution in [3.05, 3.63) is 41.6 Å². The molecule has 8 nitrogen and oxygen atoms in total. The van der Waals surface area contributed by atoms with Gasteiger partial charge in [0, 0.05) is 41.3 Å². The smallest absolute Gasteiger partial charge is 0.190 e. The number of aliphatic hydroxyl groups excluding tert-OH is 1. The fourth-order valence-electron chi connectivity index (χ4n) is 8.51. The topological polar surface area (TPSA) is 154 Å². The summed E-state index contributed by atoms with van der Waals surface area (Å²) in [5.74, 6) is 0.124. The summed E-state index contributed by atoms with van der Waals surface area (Å²) in [5, 5.41) is 30.8. The van der Waals surface area contributed by atoms with Crippen LogP contribution in [0.1, 0.15) is 64.4 Å². The highest BCUT2D eigenvalue weighted by molar-refractivity contribution is 5.94. The van der Waals surface area contributed by atoms with Gasteiger partial charge in [-0.1, -0.05) is 19.4 Å². The van der Waals surface area contributed by atoms with Crippen LogP contribution in [0, 0.1) is 28.6 Å². The molecular formula is C31H40N2O6. The Morgan fingerprint density at radius 2 is 1.92 bits per heavy atom. The number of aromatic amines is 1. The van der Waals surface area contributed by atoms with E-state index in [1.54, 1.807) is 18.2 Å². The van der Waals surface area contributed by atoms with Crippen LogP contribution < -0.4 is 5.73 Å². The van der Waals surface area contributed by atoms with Gasteiger partial charge in [0.25, 0.3) is 0 Å². The molecule has 8 heteroatoms. The van der Waals surface area contributed by atoms with E-state index in [1.165, 1.54) is 0 Å². The van der Waals surface area contributed by atoms with Crippen molar-refractivity contribution < 1.29 is 29.7 Å². The third kappa shape index (κ3) is 4.28. The molecule has 39 heavy (non-hydrogen) atoms. The first-order valence-electron chi connectivity index (χ1n) is 14.1. The second-order valence-electron chi connectivity index (χ2n) is 12.5. The van der Waals surface area contributed by atoms with Gasteiger partial charge in [-0.15, -0.1) is 0 Å². The van der Waals surface area contributed by atoms with E-state index in [9.17, 15) is 29.7 Å². The number of carbonyl (C=O) groups excluding carboxylic acids is 3. The molecule has 3 saturated carbocycles. The predicted molar refractivity (Wildman–Crippen MR) is 147 cm³/mol. The fraction of sp³-hybridized carbons (Fsp3) is 0.581. The number of hydrogen-bond donors (Lipinski definition) is 5. The summed E-state index contributed by atoms with van der Waals surface area (Å²) in [7, 11) is 0. The van der Waals surface area contributed by atoms with Crippen LogP contribution in [0.25, 0.3) is 10.9 Å². The molecule has 210 valence electrons. The molecule has 1 aromatic carbocycles. The fourth-order valence-corrected chi connectivity index (χ4v) is 8.51.